The Hall–Kier alpha value is -1.40. The Kier molecular flexibility index (Phi) is 3.53. The predicted molar refractivity (Wildman–Crippen MR) is 78.0 cm³/mol. The highest BCUT2D eigenvalue weighted by Crippen LogP contribution is 2.49. The summed E-state index contributed by atoms with van der Waals surface area (Å²) in [7, 11) is -3.46. The molecule has 6 heteroatoms. The molecular formula is C15H19NO4S. The number of benzene rings is 1. The molecule has 114 valence electrons. The van der Waals surface area contributed by atoms with Gasteiger partial charge in [-0.25, -0.2) is 12.7 Å². The number of carbonyl (C=O) groups is 1. The molecule has 0 unspecified atom stereocenters. The summed E-state index contributed by atoms with van der Waals surface area (Å²) in [6.45, 7) is 0.476. The number of nitrogens with zero attached hydrogens (tertiary/aromatic N) is 1. The summed E-state index contributed by atoms with van der Waals surface area (Å²) in [4.78, 5) is 11.6. The van der Waals surface area contributed by atoms with E-state index in [0.717, 1.165) is 18.4 Å². The fourth-order valence-corrected chi connectivity index (χ4v) is 5.31. The third-order valence-electron chi connectivity index (χ3n) is 4.85. The molecule has 0 spiro atoms. The van der Waals surface area contributed by atoms with Crippen molar-refractivity contribution in [2.45, 2.75) is 25.0 Å². The molecule has 1 aliphatic heterocycles. The molecule has 1 aliphatic carbocycles. The van der Waals surface area contributed by atoms with Crippen LogP contribution in [0, 0.1) is 11.3 Å². The van der Waals surface area contributed by atoms with Crippen LogP contribution in [-0.4, -0.2) is 36.9 Å². The van der Waals surface area contributed by atoms with E-state index in [4.69, 9.17) is 0 Å². The molecule has 2 fully saturated rings. The van der Waals surface area contributed by atoms with Gasteiger partial charge in [-0.1, -0.05) is 36.8 Å². The largest absolute Gasteiger partial charge is 0.481 e. The van der Waals surface area contributed by atoms with Gasteiger partial charge in [0.25, 0.3) is 0 Å². The zero-order valence-corrected chi connectivity index (χ0v) is 12.6. The fraction of sp³-hybridized carbons (Fsp3) is 0.533. The Morgan fingerprint density at radius 1 is 1.33 bits per heavy atom. The Morgan fingerprint density at radius 2 is 2.05 bits per heavy atom. The third kappa shape index (κ3) is 2.46. The first-order chi connectivity index (χ1) is 9.94. The maximum Gasteiger partial charge on any atom is 0.311 e. The molecular weight excluding hydrogens is 290 g/mol. The van der Waals surface area contributed by atoms with E-state index in [9.17, 15) is 18.3 Å². The molecule has 0 aromatic heterocycles. The minimum atomic E-state index is -3.46. The monoisotopic (exact) mass is 309 g/mol. The van der Waals surface area contributed by atoms with Crippen molar-refractivity contribution >= 4 is 16.0 Å². The molecule has 21 heavy (non-hydrogen) atoms. The van der Waals surface area contributed by atoms with E-state index in [1.54, 1.807) is 12.1 Å². The molecule has 2 aliphatic rings. The van der Waals surface area contributed by atoms with Crippen molar-refractivity contribution in [1.82, 2.24) is 4.31 Å². The second kappa shape index (κ2) is 5.10. The Balaban J connectivity index is 1.81. The predicted octanol–water partition coefficient (Wildman–Crippen LogP) is 1.70. The molecule has 1 saturated carbocycles. The van der Waals surface area contributed by atoms with Crippen LogP contribution in [-0.2, 0) is 20.6 Å². The lowest BCUT2D eigenvalue weighted by Gasteiger charge is -2.23. The van der Waals surface area contributed by atoms with Gasteiger partial charge in [0, 0.05) is 13.1 Å². The molecule has 1 N–H and O–H groups in total. The number of aliphatic carboxylic acids is 1. The van der Waals surface area contributed by atoms with Gasteiger partial charge in [0.1, 0.15) is 0 Å². The van der Waals surface area contributed by atoms with Gasteiger partial charge in [0.05, 0.1) is 11.2 Å². The summed E-state index contributed by atoms with van der Waals surface area (Å²) < 4.78 is 26.4. The summed E-state index contributed by atoms with van der Waals surface area (Å²) >= 11 is 0. The van der Waals surface area contributed by atoms with Crippen molar-refractivity contribution in [3.8, 4) is 0 Å². The van der Waals surface area contributed by atoms with Gasteiger partial charge in [-0.3, -0.25) is 4.79 Å². The average Bonchev–Trinajstić information content (AvgIpc) is 2.97. The van der Waals surface area contributed by atoms with Crippen LogP contribution in [0.25, 0.3) is 0 Å². The summed E-state index contributed by atoms with van der Waals surface area (Å²) in [6.07, 6.45) is 2.28. The highest BCUT2D eigenvalue weighted by Gasteiger charge is 2.56. The minimum absolute atomic E-state index is 0.0412. The third-order valence-corrected chi connectivity index (χ3v) is 6.61. The lowest BCUT2D eigenvalue weighted by Crippen LogP contribution is -2.37. The number of hydrogen-bond donors (Lipinski definition) is 1. The lowest BCUT2D eigenvalue weighted by atomic mass is 9.81. The van der Waals surface area contributed by atoms with E-state index < -0.39 is 21.4 Å². The van der Waals surface area contributed by atoms with Gasteiger partial charge in [0.15, 0.2) is 0 Å². The molecule has 0 radical (unpaired) electrons. The van der Waals surface area contributed by atoms with E-state index in [-0.39, 0.29) is 18.2 Å². The first kappa shape index (κ1) is 14.5. The zero-order valence-electron chi connectivity index (χ0n) is 11.7. The second-order valence-corrected chi connectivity index (χ2v) is 8.05. The van der Waals surface area contributed by atoms with Crippen LogP contribution in [0.1, 0.15) is 24.8 Å². The molecule has 0 amide bonds. The van der Waals surface area contributed by atoms with Crippen LogP contribution in [0.5, 0.6) is 0 Å². The van der Waals surface area contributed by atoms with Gasteiger partial charge in [0.2, 0.25) is 10.0 Å². The van der Waals surface area contributed by atoms with Crippen molar-refractivity contribution < 1.29 is 18.3 Å². The van der Waals surface area contributed by atoms with Crippen LogP contribution in [0.4, 0.5) is 0 Å². The average molecular weight is 309 g/mol. The topological polar surface area (TPSA) is 74.7 Å². The molecule has 3 rings (SSSR count). The van der Waals surface area contributed by atoms with E-state index in [0.29, 0.717) is 13.0 Å². The van der Waals surface area contributed by atoms with Crippen molar-refractivity contribution in [2.24, 2.45) is 11.3 Å². The quantitative estimate of drug-likeness (QED) is 0.918. The van der Waals surface area contributed by atoms with E-state index in [1.807, 2.05) is 18.2 Å². The molecule has 1 saturated heterocycles. The number of sulfonamides is 1. The maximum absolute atomic E-state index is 12.5. The maximum atomic E-state index is 12.5. The van der Waals surface area contributed by atoms with Crippen molar-refractivity contribution in [1.29, 1.82) is 0 Å². The standard InChI is InChI=1S/C15H19NO4S/c17-14(18)15-8-4-7-13(15)9-16(11-15)21(19,20)10-12-5-2-1-3-6-12/h1-3,5-6,13H,4,7-11H2,(H,17,18)/t13-,15+/m0/s1. The molecule has 0 bridgehead atoms. The Bertz CT molecular complexity index is 643. The van der Waals surface area contributed by atoms with Gasteiger partial charge in [-0.05, 0) is 24.3 Å². The first-order valence-electron chi connectivity index (χ1n) is 7.19. The lowest BCUT2D eigenvalue weighted by molar-refractivity contribution is -0.149. The number of carboxylic acids is 1. The molecule has 5 nitrogen and oxygen atoms in total. The SMILES string of the molecule is O=C(O)[C@@]12CCC[C@H]1CN(S(=O)(=O)Cc1ccccc1)C2. The van der Waals surface area contributed by atoms with Crippen molar-refractivity contribution in [3.05, 3.63) is 35.9 Å². The van der Waals surface area contributed by atoms with Gasteiger partial charge in [-0.15, -0.1) is 0 Å². The first-order valence-corrected chi connectivity index (χ1v) is 8.80. The van der Waals surface area contributed by atoms with Gasteiger partial charge >= 0.3 is 5.97 Å². The van der Waals surface area contributed by atoms with Crippen LogP contribution in [0.2, 0.25) is 0 Å². The van der Waals surface area contributed by atoms with Crippen LogP contribution >= 0.6 is 0 Å². The van der Waals surface area contributed by atoms with Crippen LogP contribution in [0.3, 0.4) is 0 Å². The van der Waals surface area contributed by atoms with E-state index in [1.165, 1.54) is 4.31 Å². The van der Waals surface area contributed by atoms with Gasteiger partial charge < -0.3 is 5.11 Å². The van der Waals surface area contributed by atoms with Crippen molar-refractivity contribution in [3.63, 3.8) is 0 Å². The molecule has 1 aromatic carbocycles. The molecule has 2 atom stereocenters. The number of fused-ring (bicyclic) bond motifs is 1. The fourth-order valence-electron chi connectivity index (χ4n) is 3.68. The van der Waals surface area contributed by atoms with Gasteiger partial charge in [-0.2, -0.15) is 0 Å². The summed E-state index contributed by atoms with van der Waals surface area (Å²) in [5, 5.41) is 9.53. The van der Waals surface area contributed by atoms with Crippen LogP contribution < -0.4 is 0 Å². The van der Waals surface area contributed by atoms with Crippen molar-refractivity contribution in [2.75, 3.05) is 13.1 Å². The number of carboxylic acid groups (broad SMARTS) is 1. The van der Waals surface area contributed by atoms with E-state index >= 15 is 0 Å². The minimum Gasteiger partial charge on any atom is -0.481 e. The smallest absolute Gasteiger partial charge is 0.311 e. The van der Waals surface area contributed by atoms with Crippen LogP contribution in [0.15, 0.2) is 30.3 Å². The molecule has 1 aromatic rings. The highest BCUT2D eigenvalue weighted by molar-refractivity contribution is 7.88. The zero-order chi connectivity index (χ0) is 15.1. The molecule has 1 heterocycles. The highest BCUT2D eigenvalue weighted by atomic mass is 32.2. The number of rotatable bonds is 4. The normalized spacial score (nSPS) is 29.4. The summed E-state index contributed by atoms with van der Waals surface area (Å²) in [5.74, 6) is -0.945. The van der Waals surface area contributed by atoms with E-state index in [2.05, 4.69) is 0 Å². The number of hydrogen-bond acceptors (Lipinski definition) is 3. The summed E-state index contributed by atoms with van der Waals surface area (Å²) in [5.41, 5.74) is -0.122. The Morgan fingerprint density at radius 3 is 2.67 bits per heavy atom. The summed E-state index contributed by atoms with van der Waals surface area (Å²) in [6, 6.07) is 9.02. The Labute approximate surface area is 124 Å². The second-order valence-electron chi connectivity index (χ2n) is 6.08.